The van der Waals surface area contributed by atoms with Crippen molar-refractivity contribution in [2.75, 3.05) is 25.5 Å². The van der Waals surface area contributed by atoms with E-state index < -0.39 is 6.04 Å². The maximum Gasteiger partial charge on any atom is 0.318 e. The Labute approximate surface area is 157 Å². The molecular formula is C19H24N4O4. The number of amides is 3. The fraction of sp³-hybridized carbons (Fsp3) is 0.421. The molecule has 27 heavy (non-hydrogen) atoms. The van der Waals surface area contributed by atoms with Gasteiger partial charge in [0.1, 0.15) is 17.6 Å². The molecule has 1 aromatic carbocycles. The molecule has 1 saturated heterocycles. The van der Waals surface area contributed by atoms with Gasteiger partial charge >= 0.3 is 6.03 Å². The van der Waals surface area contributed by atoms with Gasteiger partial charge in [-0.1, -0.05) is 23.4 Å². The molecule has 2 N–H and O–H groups in total. The molecule has 0 aliphatic carbocycles. The molecule has 0 spiro atoms. The summed E-state index contributed by atoms with van der Waals surface area (Å²) >= 11 is 0. The number of ether oxygens (including phenoxy) is 1. The molecule has 0 bridgehead atoms. The van der Waals surface area contributed by atoms with Gasteiger partial charge in [0.15, 0.2) is 5.82 Å². The molecule has 8 nitrogen and oxygen atoms in total. The second-order valence-electron chi connectivity index (χ2n) is 6.46. The lowest BCUT2D eigenvalue weighted by Gasteiger charge is -2.24. The summed E-state index contributed by atoms with van der Waals surface area (Å²) in [7, 11) is 1.63. The lowest BCUT2D eigenvalue weighted by molar-refractivity contribution is -0.119. The third kappa shape index (κ3) is 4.58. The molecule has 1 aliphatic rings. The van der Waals surface area contributed by atoms with E-state index in [4.69, 9.17) is 9.26 Å². The molecule has 2 aromatic rings. The topological polar surface area (TPSA) is 96.7 Å². The van der Waals surface area contributed by atoms with E-state index in [1.54, 1.807) is 25.0 Å². The Kier molecular flexibility index (Phi) is 5.95. The van der Waals surface area contributed by atoms with E-state index >= 15 is 0 Å². The van der Waals surface area contributed by atoms with Gasteiger partial charge in [0.05, 0.1) is 7.11 Å². The monoisotopic (exact) mass is 372 g/mol. The number of hydrogen-bond donors (Lipinski definition) is 2. The van der Waals surface area contributed by atoms with Gasteiger partial charge in [0, 0.05) is 19.2 Å². The van der Waals surface area contributed by atoms with Crippen LogP contribution in [0.4, 0.5) is 10.6 Å². The van der Waals surface area contributed by atoms with Crippen LogP contribution >= 0.6 is 0 Å². The predicted octanol–water partition coefficient (Wildman–Crippen LogP) is 2.35. The molecule has 3 rings (SSSR count). The van der Waals surface area contributed by atoms with Crippen LogP contribution in [0.15, 0.2) is 34.9 Å². The van der Waals surface area contributed by atoms with Crippen molar-refractivity contribution in [3.05, 3.63) is 41.7 Å². The van der Waals surface area contributed by atoms with Crippen molar-refractivity contribution in [1.82, 2.24) is 15.4 Å². The number of carbonyl (C=O) groups is 2. The molecule has 2 heterocycles. The molecule has 1 atom stereocenters. The second kappa shape index (κ2) is 8.57. The number of nitrogens with one attached hydrogen (secondary N) is 2. The summed E-state index contributed by atoms with van der Waals surface area (Å²) in [6.07, 6.45) is 2.07. The quantitative estimate of drug-likeness (QED) is 0.811. The number of rotatable bonds is 6. The van der Waals surface area contributed by atoms with E-state index in [0.717, 1.165) is 17.7 Å². The summed E-state index contributed by atoms with van der Waals surface area (Å²) < 4.78 is 10.3. The van der Waals surface area contributed by atoms with Crippen molar-refractivity contribution >= 4 is 17.8 Å². The zero-order chi connectivity index (χ0) is 19.2. The fourth-order valence-corrected chi connectivity index (χ4v) is 3.23. The summed E-state index contributed by atoms with van der Waals surface area (Å²) in [5.74, 6) is 1.53. The van der Waals surface area contributed by atoms with Crippen LogP contribution in [-0.4, -0.2) is 48.2 Å². The summed E-state index contributed by atoms with van der Waals surface area (Å²) in [5, 5.41) is 9.36. The number of methoxy groups -OCH3 is 1. The average molecular weight is 372 g/mol. The molecule has 0 saturated carbocycles. The highest BCUT2D eigenvalue weighted by atomic mass is 16.5. The van der Waals surface area contributed by atoms with Gasteiger partial charge in [-0.25, -0.2) is 4.79 Å². The number of urea groups is 1. The first-order valence-electron chi connectivity index (χ1n) is 8.99. The highest BCUT2D eigenvalue weighted by Gasteiger charge is 2.34. The first kappa shape index (κ1) is 18.8. The van der Waals surface area contributed by atoms with Crippen LogP contribution in [0, 0.1) is 6.92 Å². The smallest absolute Gasteiger partial charge is 0.318 e. The Morgan fingerprint density at radius 2 is 2.19 bits per heavy atom. The van der Waals surface area contributed by atoms with Crippen molar-refractivity contribution < 1.29 is 18.8 Å². The fourth-order valence-electron chi connectivity index (χ4n) is 3.23. The standard InChI is InChI=1S/C19H24N4O4/c1-13-12-17(22-27-13)21-18(24)15-7-5-11-23(15)19(25)20-10-9-14-6-3-4-8-16(14)26-2/h3-4,6,8,12,15H,5,7,9-11H2,1-2H3,(H,20,25)(H,21,22,24). The van der Waals surface area contributed by atoms with Crippen LogP contribution in [0.5, 0.6) is 5.75 Å². The number of benzene rings is 1. The van der Waals surface area contributed by atoms with Crippen molar-refractivity contribution in [3.8, 4) is 5.75 Å². The summed E-state index contributed by atoms with van der Waals surface area (Å²) in [5.41, 5.74) is 1.03. The Morgan fingerprint density at radius 1 is 1.37 bits per heavy atom. The highest BCUT2D eigenvalue weighted by Crippen LogP contribution is 2.20. The minimum absolute atomic E-state index is 0.237. The number of aryl methyl sites for hydroxylation is 1. The zero-order valence-corrected chi connectivity index (χ0v) is 15.5. The van der Waals surface area contributed by atoms with Crippen LogP contribution in [0.1, 0.15) is 24.2 Å². The van der Waals surface area contributed by atoms with Gasteiger partial charge in [-0.15, -0.1) is 0 Å². The number of carbonyl (C=O) groups excluding carboxylic acids is 2. The lowest BCUT2D eigenvalue weighted by atomic mass is 10.1. The summed E-state index contributed by atoms with van der Waals surface area (Å²) in [4.78, 5) is 26.6. The Hall–Kier alpha value is -3.03. The average Bonchev–Trinajstić information content (AvgIpc) is 3.31. The number of anilines is 1. The third-order valence-corrected chi connectivity index (χ3v) is 4.56. The maximum absolute atomic E-state index is 12.5. The number of aromatic nitrogens is 1. The van der Waals surface area contributed by atoms with E-state index in [2.05, 4.69) is 15.8 Å². The van der Waals surface area contributed by atoms with Gasteiger partial charge in [0.25, 0.3) is 0 Å². The van der Waals surface area contributed by atoms with Crippen LogP contribution in [0.3, 0.4) is 0 Å². The van der Waals surface area contributed by atoms with E-state index in [-0.39, 0.29) is 11.9 Å². The number of hydrogen-bond acceptors (Lipinski definition) is 5. The largest absolute Gasteiger partial charge is 0.496 e. The van der Waals surface area contributed by atoms with Gasteiger partial charge < -0.3 is 24.8 Å². The first-order chi connectivity index (χ1) is 13.1. The Bertz CT molecular complexity index is 805. The minimum atomic E-state index is -0.506. The number of nitrogens with zero attached hydrogens (tertiary/aromatic N) is 2. The molecular weight excluding hydrogens is 348 g/mol. The highest BCUT2D eigenvalue weighted by molar-refractivity contribution is 5.96. The molecule has 0 radical (unpaired) electrons. The normalized spacial score (nSPS) is 16.2. The molecule has 8 heteroatoms. The molecule has 1 aliphatic heterocycles. The van der Waals surface area contributed by atoms with E-state index in [0.29, 0.717) is 37.5 Å². The lowest BCUT2D eigenvalue weighted by Crippen LogP contribution is -2.48. The number of para-hydroxylation sites is 1. The number of likely N-dealkylation sites (tertiary alicyclic amines) is 1. The molecule has 3 amide bonds. The van der Waals surface area contributed by atoms with Gasteiger partial charge in [0.2, 0.25) is 5.91 Å². The van der Waals surface area contributed by atoms with E-state index in [1.165, 1.54) is 0 Å². The van der Waals surface area contributed by atoms with Crippen LogP contribution < -0.4 is 15.4 Å². The van der Waals surface area contributed by atoms with E-state index in [1.807, 2.05) is 24.3 Å². The Morgan fingerprint density at radius 3 is 2.93 bits per heavy atom. The van der Waals surface area contributed by atoms with Crippen LogP contribution in [0.25, 0.3) is 0 Å². The van der Waals surface area contributed by atoms with Crippen molar-refractivity contribution in [1.29, 1.82) is 0 Å². The van der Waals surface area contributed by atoms with Crippen molar-refractivity contribution in [2.24, 2.45) is 0 Å². The second-order valence-corrected chi connectivity index (χ2v) is 6.46. The van der Waals surface area contributed by atoms with Crippen molar-refractivity contribution in [2.45, 2.75) is 32.2 Å². The SMILES string of the molecule is COc1ccccc1CCNC(=O)N1CCCC1C(=O)Nc1cc(C)on1. The van der Waals surface area contributed by atoms with Gasteiger partial charge in [-0.3, -0.25) is 4.79 Å². The van der Waals surface area contributed by atoms with Crippen LogP contribution in [0.2, 0.25) is 0 Å². The first-order valence-corrected chi connectivity index (χ1v) is 8.99. The van der Waals surface area contributed by atoms with Crippen molar-refractivity contribution in [3.63, 3.8) is 0 Å². The molecule has 1 unspecified atom stereocenters. The molecule has 1 fully saturated rings. The van der Waals surface area contributed by atoms with Gasteiger partial charge in [-0.2, -0.15) is 0 Å². The molecule has 1 aromatic heterocycles. The zero-order valence-electron chi connectivity index (χ0n) is 15.5. The van der Waals surface area contributed by atoms with Crippen LogP contribution in [-0.2, 0) is 11.2 Å². The van der Waals surface area contributed by atoms with Gasteiger partial charge in [-0.05, 0) is 37.8 Å². The summed E-state index contributed by atoms with van der Waals surface area (Å²) in [6.45, 7) is 2.77. The molecule has 144 valence electrons. The van der Waals surface area contributed by atoms with E-state index in [9.17, 15) is 9.59 Å². The summed E-state index contributed by atoms with van der Waals surface area (Å²) in [6, 6.07) is 8.61. The Balaban J connectivity index is 1.53. The predicted molar refractivity (Wildman–Crippen MR) is 99.7 cm³/mol. The minimum Gasteiger partial charge on any atom is -0.496 e. The maximum atomic E-state index is 12.5. The third-order valence-electron chi connectivity index (χ3n) is 4.56.